The summed E-state index contributed by atoms with van der Waals surface area (Å²) in [6, 6.07) is 15.8. The SMILES string of the molecule is CC(C)(C)c1cncc(/C(=C(\c2ccc(/C=C/C(=O)O)cc2)c2ccc3n[nH]c(F)c3c2)C2CCC2)c1. The van der Waals surface area contributed by atoms with Gasteiger partial charge in [0.1, 0.15) is 0 Å². The molecule has 2 aromatic heterocycles. The molecule has 1 fully saturated rings. The number of aromatic nitrogens is 3. The zero-order chi connectivity index (χ0) is 26.2. The van der Waals surface area contributed by atoms with E-state index >= 15 is 0 Å². The second-order valence-electron chi connectivity index (χ2n) is 10.7. The molecule has 4 aromatic rings. The third kappa shape index (κ3) is 5.10. The second kappa shape index (κ2) is 9.77. The molecule has 0 spiro atoms. The fraction of sp³-hybridized carbons (Fsp3) is 0.258. The van der Waals surface area contributed by atoms with Crippen LogP contribution < -0.4 is 0 Å². The molecule has 2 aromatic carbocycles. The molecule has 188 valence electrons. The highest BCUT2D eigenvalue weighted by molar-refractivity contribution is 6.01. The van der Waals surface area contributed by atoms with Crippen LogP contribution in [-0.4, -0.2) is 26.3 Å². The Kier molecular flexibility index (Phi) is 6.50. The van der Waals surface area contributed by atoms with Gasteiger partial charge in [-0.15, -0.1) is 0 Å². The number of benzene rings is 2. The van der Waals surface area contributed by atoms with Crippen LogP contribution in [0.5, 0.6) is 0 Å². The van der Waals surface area contributed by atoms with Gasteiger partial charge >= 0.3 is 5.97 Å². The Morgan fingerprint density at radius 1 is 1.03 bits per heavy atom. The van der Waals surface area contributed by atoms with Crippen molar-refractivity contribution in [1.82, 2.24) is 15.2 Å². The summed E-state index contributed by atoms with van der Waals surface area (Å²) < 4.78 is 14.5. The van der Waals surface area contributed by atoms with Crippen LogP contribution in [0.1, 0.15) is 67.9 Å². The third-order valence-corrected chi connectivity index (χ3v) is 7.11. The molecular formula is C31H30FN3O2. The Labute approximate surface area is 215 Å². The molecule has 0 atom stereocenters. The molecular weight excluding hydrogens is 465 g/mol. The quantitative estimate of drug-likeness (QED) is 0.276. The number of halogens is 1. The second-order valence-corrected chi connectivity index (χ2v) is 10.7. The number of hydrogen-bond acceptors (Lipinski definition) is 3. The first-order valence-electron chi connectivity index (χ1n) is 12.6. The lowest BCUT2D eigenvalue weighted by Gasteiger charge is -2.32. The first-order valence-corrected chi connectivity index (χ1v) is 12.6. The van der Waals surface area contributed by atoms with E-state index in [1.165, 1.54) is 12.0 Å². The summed E-state index contributed by atoms with van der Waals surface area (Å²) in [6.45, 7) is 6.54. The molecule has 1 aliphatic rings. The number of carboxylic acids is 1. The lowest BCUT2D eigenvalue weighted by molar-refractivity contribution is -0.131. The fourth-order valence-corrected chi connectivity index (χ4v) is 4.82. The van der Waals surface area contributed by atoms with Crippen molar-refractivity contribution in [3.05, 3.63) is 101 Å². The normalized spacial score (nSPS) is 15.1. The average molecular weight is 496 g/mol. The first-order chi connectivity index (χ1) is 17.7. The molecule has 2 N–H and O–H groups in total. The highest BCUT2D eigenvalue weighted by Crippen LogP contribution is 2.45. The van der Waals surface area contributed by atoms with E-state index in [2.05, 4.69) is 42.0 Å². The molecule has 37 heavy (non-hydrogen) atoms. The van der Waals surface area contributed by atoms with Gasteiger partial charge in [-0.05, 0) is 87.4 Å². The number of carbonyl (C=O) groups is 1. The predicted molar refractivity (Wildman–Crippen MR) is 145 cm³/mol. The molecule has 1 saturated carbocycles. The molecule has 0 amide bonds. The van der Waals surface area contributed by atoms with E-state index in [-0.39, 0.29) is 5.41 Å². The van der Waals surface area contributed by atoms with E-state index in [1.807, 2.05) is 54.9 Å². The smallest absolute Gasteiger partial charge is 0.328 e. The Hall–Kier alpha value is -4.06. The monoisotopic (exact) mass is 495 g/mol. The van der Waals surface area contributed by atoms with Gasteiger partial charge in [0.05, 0.1) is 10.9 Å². The number of pyridine rings is 1. The maximum absolute atomic E-state index is 14.5. The van der Waals surface area contributed by atoms with Gasteiger partial charge in [0.15, 0.2) is 0 Å². The van der Waals surface area contributed by atoms with E-state index in [0.717, 1.165) is 52.3 Å². The van der Waals surface area contributed by atoms with Crippen LogP contribution in [0.15, 0.2) is 67.0 Å². The Morgan fingerprint density at radius 2 is 1.76 bits per heavy atom. The van der Waals surface area contributed by atoms with Crippen molar-refractivity contribution in [2.75, 3.05) is 0 Å². The van der Waals surface area contributed by atoms with E-state index in [4.69, 9.17) is 5.11 Å². The maximum Gasteiger partial charge on any atom is 0.328 e. The molecule has 5 nitrogen and oxygen atoms in total. The summed E-state index contributed by atoms with van der Waals surface area (Å²) in [5, 5.41) is 15.9. The van der Waals surface area contributed by atoms with E-state index in [9.17, 15) is 9.18 Å². The summed E-state index contributed by atoms with van der Waals surface area (Å²) in [6.07, 6.45) is 9.90. The number of rotatable bonds is 6. The van der Waals surface area contributed by atoms with Gasteiger partial charge in [0, 0.05) is 18.5 Å². The molecule has 2 heterocycles. The Balaban J connectivity index is 1.76. The van der Waals surface area contributed by atoms with Crippen LogP contribution in [-0.2, 0) is 10.2 Å². The standard InChI is InChI=1S/C31H30FN3O2/c1-31(2,3)24-15-23(17-33-18-24)29(20-5-4-6-20)28(21-10-7-19(8-11-21)9-14-27(36)37)22-12-13-26-25(16-22)30(32)35-34-26/h7-18,20H,4-6H2,1-3H3,(H,34,35)(H,36,37)/b14-9+,29-28+. The zero-order valence-corrected chi connectivity index (χ0v) is 21.3. The highest BCUT2D eigenvalue weighted by atomic mass is 19.1. The summed E-state index contributed by atoms with van der Waals surface area (Å²) in [4.78, 5) is 15.6. The van der Waals surface area contributed by atoms with Gasteiger partial charge in [-0.2, -0.15) is 9.49 Å². The first kappa shape index (κ1) is 24.6. The summed E-state index contributed by atoms with van der Waals surface area (Å²) >= 11 is 0. The van der Waals surface area contributed by atoms with Crippen molar-refractivity contribution in [2.45, 2.75) is 45.4 Å². The Bertz CT molecular complexity index is 1520. The number of H-pyrrole nitrogens is 1. The summed E-state index contributed by atoms with van der Waals surface area (Å²) in [5.74, 6) is -1.07. The van der Waals surface area contributed by atoms with Crippen LogP contribution in [0.2, 0.25) is 0 Å². The van der Waals surface area contributed by atoms with Gasteiger partial charge in [-0.25, -0.2) is 4.79 Å². The van der Waals surface area contributed by atoms with Crippen LogP contribution in [0.25, 0.3) is 28.1 Å². The number of nitrogens with one attached hydrogen (secondary N) is 1. The molecule has 0 bridgehead atoms. The third-order valence-electron chi connectivity index (χ3n) is 7.11. The lowest BCUT2D eigenvalue weighted by atomic mass is 9.72. The van der Waals surface area contributed by atoms with Crippen molar-refractivity contribution in [3.8, 4) is 0 Å². The van der Waals surface area contributed by atoms with E-state index < -0.39 is 11.9 Å². The molecule has 0 unspecified atom stereocenters. The largest absolute Gasteiger partial charge is 0.478 e. The minimum atomic E-state index is -0.987. The predicted octanol–water partition coefficient (Wildman–Crippen LogP) is 7.25. The minimum absolute atomic E-state index is 0.0507. The van der Waals surface area contributed by atoms with Crippen molar-refractivity contribution < 1.29 is 14.3 Å². The van der Waals surface area contributed by atoms with Gasteiger partial charge in [-0.1, -0.05) is 57.5 Å². The molecule has 0 saturated heterocycles. The van der Waals surface area contributed by atoms with Crippen LogP contribution >= 0.6 is 0 Å². The highest BCUT2D eigenvalue weighted by Gasteiger charge is 2.28. The van der Waals surface area contributed by atoms with Crippen LogP contribution in [0.3, 0.4) is 0 Å². The number of aromatic amines is 1. The van der Waals surface area contributed by atoms with Gasteiger partial charge < -0.3 is 5.11 Å². The number of hydrogen-bond donors (Lipinski definition) is 2. The number of carboxylic acid groups (broad SMARTS) is 1. The zero-order valence-electron chi connectivity index (χ0n) is 21.3. The molecule has 0 radical (unpaired) electrons. The van der Waals surface area contributed by atoms with Crippen LogP contribution in [0.4, 0.5) is 4.39 Å². The topological polar surface area (TPSA) is 78.9 Å². The maximum atomic E-state index is 14.5. The van der Waals surface area contributed by atoms with E-state index in [0.29, 0.717) is 16.8 Å². The number of allylic oxidation sites excluding steroid dienone is 1. The fourth-order valence-electron chi connectivity index (χ4n) is 4.82. The van der Waals surface area contributed by atoms with Crippen LogP contribution in [0, 0.1) is 11.9 Å². The van der Waals surface area contributed by atoms with Crippen molar-refractivity contribution in [2.24, 2.45) is 5.92 Å². The molecule has 5 rings (SSSR count). The number of fused-ring (bicyclic) bond motifs is 1. The molecule has 0 aliphatic heterocycles. The van der Waals surface area contributed by atoms with Gasteiger partial charge in [0.25, 0.3) is 0 Å². The Morgan fingerprint density at radius 3 is 2.41 bits per heavy atom. The molecule has 1 aliphatic carbocycles. The number of nitrogens with zero attached hydrogens (tertiary/aromatic N) is 2. The van der Waals surface area contributed by atoms with Crippen molar-refractivity contribution in [3.63, 3.8) is 0 Å². The van der Waals surface area contributed by atoms with E-state index in [1.54, 1.807) is 6.08 Å². The minimum Gasteiger partial charge on any atom is -0.478 e. The van der Waals surface area contributed by atoms with Gasteiger partial charge in [0.2, 0.25) is 5.95 Å². The van der Waals surface area contributed by atoms with Gasteiger partial charge in [-0.3, -0.25) is 10.1 Å². The average Bonchev–Trinajstić information content (AvgIpc) is 3.21. The number of aliphatic carboxylic acids is 1. The summed E-state index contributed by atoms with van der Waals surface area (Å²) in [5.41, 5.74) is 7.70. The van der Waals surface area contributed by atoms with Crippen molar-refractivity contribution >= 4 is 34.1 Å². The summed E-state index contributed by atoms with van der Waals surface area (Å²) in [7, 11) is 0. The molecule has 6 heteroatoms. The van der Waals surface area contributed by atoms with Crippen molar-refractivity contribution in [1.29, 1.82) is 0 Å². The lowest BCUT2D eigenvalue weighted by Crippen LogP contribution is -2.17.